The lowest BCUT2D eigenvalue weighted by molar-refractivity contribution is 0.122. The van der Waals surface area contributed by atoms with Gasteiger partial charge in [0.15, 0.2) is 11.5 Å². The summed E-state index contributed by atoms with van der Waals surface area (Å²) in [6.07, 6.45) is 5.25. The van der Waals surface area contributed by atoms with Crippen molar-refractivity contribution in [2.45, 2.75) is 6.54 Å². The first-order valence-corrected chi connectivity index (χ1v) is 10.8. The minimum absolute atomic E-state index is 0.506. The highest BCUT2D eigenvalue weighted by Crippen LogP contribution is 2.21. The van der Waals surface area contributed by atoms with E-state index in [0.717, 1.165) is 41.1 Å². The zero-order valence-electron chi connectivity index (χ0n) is 17.8. The van der Waals surface area contributed by atoms with E-state index in [1.807, 2.05) is 36.4 Å². The Bertz CT molecular complexity index is 1430. The first-order chi connectivity index (χ1) is 16.3. The molecule has 0 aliphatic carbocycles. The molecule has 0 amide bonds. The molecular formula is C23H21N9O. The highest BCUT2D eigenvalue weighted by molar-refractivity contribution is 5.79. The first kappa shape index (κ1) is 19.5. The second kappa shape index (κ2) is 8.40. The van der Waals surface area contributed by atoms with Gasteiger partial charge >= 0.3 is 0 Å². The fourth-order valence-electron chi connectivity index (χ4n) is 3.93. The van der Waals surface area contributed by atoms with Gasteiger partial charge in [0.1, 0.15) is 5.82 Å². The molecular weight excluding hydrogens is 418 g/mol. The number of nitrogens with zero attached hydrogens (tertiary/aromatic N) is 8. The van der Waals surface area contributed by atoms with Crippen LogP contribution < -0.4 is 10.2 Å². The Hall–Kier alpha value is -4.18. The van der Waals surface area contributed by atoms with Gasteiger partial charge in [-0.3, -0.25) is 4.98 Å². The van der Waals surface area contributed by atoms with Gasteiger partial charge in [0, 0.05) is 42.6 Å². The van der Waals surface area contributed by atoms with Gasteiger partial charge in [0.05, 0.1) is 31.5 Å². The van der Waals surface area contributed by atoms with Crippen molar-refractivity contribution in [2.24, 2.45) is 0 Å². The lowest BCUT2D eigenvalue weighted by Gasteiger charge is -2.28. The normalized spacial score (nSPS) is 14.1. The molecule has 0 radical (unpaired) electrons. The molecule has 0 atom stereocenters. The number of morpholine rings is 1. The standard InChI is InChI=1S/C23H21N9O/c1-2-17-12-16(3-4-19(17)24-6-1)15-32-23-22(29-30-32)26-14-20(28-23)27-18-5-7-25-21(13-18)31-8-10-33-11-9-31/h1-7,12-14H,8-11,15H2,(H,25,27,28). The monoisotopic (exact) mass is 439 g/mol. The van der Waals surface area contributed by atoms with Crippen LogP contribution in [0.25, 0.3) is 22.2 Å². The Kier molecular flexibility index (Phi) is 4.96. The van der Waals surface area contributed by atoms with Crippen LogP contribution in [0.2, 0.25) is 0 Å². The summed E-state index contributed by atoms with van der Waals surface area (Å²) in [6.45, 7) is 3.63. The van der Waals surface area contributed by atoms with E-state index < -0.39 is 0 Å². The smallest absolute Gasteiger partial charge is 0.221 e. The SMILES string of the molecule is c1cnc2ccc(Cn3nnc4ncc(Nc5ccnc(N6CCOCC6)c5)nc43)cc2c1. The van der Waals surface area contributed by atoms with Crippen molar-refractivity contribution in [1.82, 2.24) is 34.9 Å². The molecule has 0 unspecified atom stereocenters. The fourth-order valence-corrected chi connectivity index (χ4v) is 3.93. The average Bonchev–Trinajstić information content (AvgIpc) is 3.26. The molecule has 5 heterocycles. The van der Waals surface area contributed by atoms with E-state index >= 15 is 0 Å². The van der Waals surface area contributed by atoms with Crippen LogP contribution in [0.5, 0.6) is 0 Å². The molecule has 0 bridgehead atoms. The maximum atomic E-state index is 5.43. The van der Waals surface area contributed by atoms with Crippen LogP contribution in [0.1, 0.15) is 5.56 Å². The third-order valence-electron chi connectivity index (χ3n) is 5.58. The third kappa shape index (κ3) is 4.03. The number of nitrogens with one attached hydrogen (secondary N) is 1. The number of hydrogen-bond acceptors (Lipinski definition) is 9. The van der Waals surface area contributed by atoms with E-state index in [0.29, 0.717) is 36.9 Å². The van der Waals surface area contributed by atoms with Crippen LogP contribution in [0.4, 0.5) is 17.3 Å². The van der Waals surface area contributed by atoms with Gasteiger partial charge < -0.3 is 15.0 Å². The van der Waals surface area contributed by atoms with E-state index in [-0.39, 0.29) is 0 Å². The summed E-state index contributed by atoms with van der Waals surface area (Å²) < 4.78 is 7.20. The fraction of sp³-hybridized carbons (Fsp3) is 0.217. The molecule has 33 heavy (non-hydrogen) atoms. The third-order valence-corrected chi connectivity index (χ3v) is 5.58. The summed E-state index contributed by atoms with van der Waals surface area (Å²) in [4.78, 5) is 20.2. The van der Waals surface area contributed by atoms with Gasteiger partial charge in [0.2, 0.25) is 5.65 Å². The van der Waals surface area contributed by atoms with E-state index in [4.69, 9.17) is 9.72 Å². The maximum absolute atomic E-state index is 5.43. The molecule has 1 aliphatic rings. The van der Waals surface area contributed by atoms with Crippen LogP contribution in [0.3, 0.4) is 0 Å². The number of hydrogen-bond donors (Lipinski definition) is 1. The van der Waals surface area contributed by atoms with Crippen molar-refractivity contribution in [2.75, 3.05) is 36.5 Å². The number of fused-ring (bicyclic) bond motifs is 2. The minimum atomic E-state index is 0.506. The van der Waals surface area contributed by atoms with E-state index in [9.17, 15) is 0 Å². The Balaban J connectivity index is 1.26. The Morgan fingerprint density at radius 3 is 2.85 bits per heavy atom. The van der Waals surface area contributed by atoms with Crippen molar-refractivity contribution in [1.29, 1.82) is 0 Å². The molecule has 10 nitrogen and oxygen atoms in total. The molecule has 1 aromatic carbocycles. The van der Waals surface area contributed by atoms with Crippen LogP contribution in [-0.4, -0.2) is 61.2 Å². The summed E-state index contributed by atoms with van der Waals surface area (Å²) >= 11 is 0. The van der Waals surface area contributed by atoms with Gasteiger partial charge in [-0.1, -0.05) is 17.3 Å². The Morgan fingerprint density at radius 2 is 1.91 bits per heavy atom. The van der Waals surface area contributed by atoms with Crippen molar-refractivity contribution >= 4 is 39.5 Å². The predicted molar refractivity (Wildman–Crippen MR) is 125 cm³/mol. The second-order valence-electron chi connectivity index (χ2n) is 7.81. The first-order valence-electron chi connectivity index (χ1n) is 10.8. The van der Waals surface area contributed by atoms with Crippen LogP contribution in [0.15, 0.2) is 61.1 Å². The molecule has 164 valence electrons. The van der Waals surface area contributed by atoms with Crippen molar-refractivity contribution in [3.8, 4) is 0 Å². The average molecular weight is 439 g/mol. The van der Waals surface area contributed by atoms with Gasteiger partial charge in [-0.2, -0.15) is 0 Å². The summed E-state index contributed by atoms with van der Waals surface area (Å²) in [5.41, 5.74) is 4.07. The molecule has 0 saturated carbocycles. The molecule has 6 rings (SSSR count). The Labute approximate surface area is 189 Å². The van der Waals surface area contributed by atoms with Crippen molar-refractivity contribution < 1.29 is 4.74 Å². The lowest BCUT2D eigenvalue weighted by atomic mass is 10.1. The molecule has 4 aromatic heterocycles. The lowest BCUT2D eigenvalue weighted by Crippen LogP contribution is -2.36. The topological polar surface area (TPSA) is 107 Å². The van der Waals surface area contributed by atoms with Crippen molar-refractivity contribution in [3.63, 3.8) is 0 Å². The minimum Gasteiger partial charge on any atom is -0.378 e. The quantitative estimate of drug-likeness (QED) is 0.442. The number of benzene rings is 1. The summed E-state index contributed by atoms with van der Waals surface area (Å²) in [7, 11) is 0. The highest BCUT2D eigenvalue weighted by Gasteiger charge is 2.14. The zero-order valence-corrected chi connectivity index (χ0v) is 17.8. The summed E-state index contributed by atoms with van der Waals surface area (Å²) in [5.74, 6) is 1.53. The van der Waals surface area contributed by atoms with E-state index in [2.05, 4.69) is 41.5 Å². The van der Waals surface area contributed by atoms with E-state index in [1.165, 1.54) is 0 Å². The number of aromatic nitrogens is 7. The molecule has 1 saturated heterocycles. The predicted octanol–water partition coefficient (Wildman–Crippen LogP) is 2.79. The molecule has 1 aliphatic heterocycles. The number of rotatable bonds is 5. The van der Waals surface area contributed by atoms with E-state index in [1.54, 1.807) is 23.3 Å². The largest absolute Gasteiger partial charge is 0.378 e. The number of pyridine rings is 2. The van der Waals surface area contributed by atoms with Gasteiger partial charge in [0.25, 0.3) is 0 Å². The summed E-state index contributed by atoms with van der Waals surface area (Å²) in [5, 5.41) is 12.9. The molecule has 1 N–H and O–H groups in total. The number of ether oxygens (including phenoxy) is 1. The van der Waals surface area contributed by atoms with Gasteiger partial charge in [-0.25, -0.2) is 19.6 Å². The molecule has 10 heteroatoms. The Morgan fingerprint density at radius 1 is 0.970 bits per heavy atom. The van der Waals surface area contributed by atoms with Crippen molar-refractivity contribution in [3.05, 3.63) is 66.6 Å². The second-order valence-corrected chi connectivity index (χ2v) is 7.81. The zero-order chi connectivity index (χ0) is 22.0. The highest BCUT2D eigenvalue weighted by atomic mass is 16.5. The van der Waals surface area contributed by atoms with Gasteiger partial charge in [-0.15, -0.1) is 5.10 Å². The molecule has 0 spiro atoms. The van der Waals surface area contributed by atoms with Gasteiger partial charge in [-0.05, 0) is 29.8 Å². The maximum Gasteiger partial charge on any atom is 0.221 e. The van der Waals surface area contributed by atoms with Crippen LogP contribution in [0, 0.1) is 0 Å². The number of anilines is 3. The summed E-state index contributed by atoms with van der Waals surface area (Å²) in [6, 6.07) is 14.1. The van der Waals surface area contributed by atoms with Crippen LogP contribution >= 0.6 is 0 Å². The van der Waals surface area contributed by atoms with Crippen LogP contribution in [-0.2, 0) is 11.3 Å². The molecule has 1 fully saturated rings. The molecule has 5 aromatic rings.